The van der Waals surface area contributed by atoms with Gasteiger partial charge in [-0.2, -0.15) is 0 Å². The first kappa shape index (κ1) is 18.7. The molecule has 146 valence electrons. The molecule has 2 aliphatic rings. The average molecular weight is 379 g/mol. The SMILES string of the molecule is O=C(C1=CCN(Cc2ccccc2)CC1)N1CCN(c2ccc(F)cc2)CC1. The summed E-state index contributed by atoms with van der Waals surface area (Å²) >= 11 is 0. The minimum Gasteiger partial charge on any atom is -0.368 e. The summed E-state index contributed by atoms with van der Waals surface area (Å²) in [5.41, 5.74) is 3.27. The molecular weight excluding hydrogens is 353 g/mol. The highest BCUT2D eigenvalue weighted by Crippen LogP contribution is 2.20. The Morgan fingerprint density at radius 3 is 2.25 bits per heavy atom. The standard InChI is InChI=1S/C23H26FN3O/c24-21-6-8-22(9-7-21)26-14-16-27(17-15-26)23(28)20-10-12-25(13-11-20)18-19-4-2-1-3-5-19/h1-10H,11-18H2. The third-order valence-electron chi connectivity index (χ3n) is 5.58. The highest BCUT2D eigenvalue weighted by atomic mass is 19.1. The summed E-state index contributed by atoms with van der Waals surface area (Å²) in [5.74, 6) is -0.0405. The summed E-state index contributed by atoms with van der Waals surface area (Å²) in [5, 5.41) is 0. The predicted octanol–water partition coefficient (Wildman–Crippen LogP) is 3.31. The van der Waals surface area contributed by atoms with Crippen molar-refractivity contribution in [1.29, 1.82) is 0 Å². The monoisotopic (exact) mass is 379 g/mol. The minimum absolute atomic E-state index is 0.179. The van der Waals surface area contributed by atoms with Crippen LogP contribution in [0.4, 0.5) is 10.1 Å². The van der Waals surface area contributed by atoms with E-state index in [0.717, 1.165) is 50.4 Å². The number of hydrogen-bond donors (Lipinski definition) is 0. The number of nitrogens with zero attached hydrogens (tertiary/aromatic N) is 3. The van der Waals surface area contributed by atoms with Crippen LogP contribution in [0.3, 0.4) is 0 Å². The Balaban J connectivity index is 1.29. The largest absolute Gasteiger partial charge is 0.368 e. The first-order valence-electron chi connectivity index (χ1n) is 9.94. The lowest BCUT2D eigenvalue weighted by atomic mass is 10.1. The van der Waals surface area contributed by atoms with Crippen molar-refractivity contribution in [3.63, 3.8) is 0 Å². The molecule has 2 aliphatic heterocycles. The van der Waals surface area contributed by atoms with E-state index < -0.39 is 0 Å². The van der Waals surface area contributed by atoms with Gasteiger partial charge in [0, 0.05) is 57.1 Å². The van der Waals surface area contributed by atoms with Crippen LogP contribution in [-0.4, -0.2) is 55.0 Å². The first-order valence-corrected chi connectivity index (χ1v) is 9.94. The van der Waals surface area contributed by atoms with Crippen molar-refractivity contribution in [2.24, 2.45) is 0 Å². The summed E-state index contributed by atoms with van der Waals surface area (Å²) in [4.78, 5) is 19.4. The van der Waals surface area contributed by atoms with E-state index in [-0.39, 0.29) is 11.7 Å². The van der Waals surface area contributed by atoms with Crippen LogP contribution < -0.4 is 4.90 Å². The topological polar surface area (TPSA) is 26.8 Å². The molecule has 28 heavy (non-hydrogen) atoms. The second-order valence-electron chi connectivity index (χ2n) is 7.46. The molecule has 1 fully saturated rings. The fourth-order valence-electron chi connectivity index (χ4n) is 3.91. The number of halogens is 1. The molecule has 0 radical (unpaired) electrons. The van der Waals surface area contributed by atoms with Crippen molar-refractivity contribution in [2.45, 2.75) is 13.0 Å². The van der Waals surface area contributed by atoms with E-state index in [0.29, 0.717) is 13.1 Å². The smallest absolute Gasteiger partial charge is 0.249 e. The molecule has 5 heteroatoms. The van der Waals surface area contributed by atoms with Gasteiger partial charge in [-0.15, -0.1) is 0 Å². The molecule has 0 N–H and O–H groups in total. The Bertz CT molecular complexity index is 827. The minimum atomic E-state index is -0.219. The number of rotatable bonds is 4. The number of piperazine rings is 1. The van der Waals surface area contributed by atoms with Gasteiger partial charge in [0.15, 0.2) is 0 Å². The molecular formula is C23H26FN3O. The maximum absolute atomic E-state index is 13.1. The molecule has 1 amide bonds. The van der Waals surface area contributed by atoms with Crippen LogP contribution in [0.15, 0.2) is 66.2 Å². The second-order valence-corrected chi connectivity index (χ2v) is 7.46. The normalized spacial score (nSPS) is 18.1. The molecule has 4 rings (SSSR count). The van der Waals surface area contributed by atoms with Crippen LogP contribution >= 0.6 is 0 Å². The molecule has 0 aliphatic carbocycles. The lowest BCUT2D eigenvalue weighted by molar-refractivity contribution is -0.127. The van der Waals surface area contributed by atoms with Gasteiger partial charge in [0.05, 0.1) is 0 Å². The van der Waals surface area contributed by atoms with Crippen molar-refractivity contribution in [1.82, 2.24) is 9.80 Å². The first-order chi connectivity index (χ1) is 13.7. The Morgan fingerprint density at radius 2 is 1.61 bits per heavy atom. The summed E-state index contributed by atoms with van der Waals surface area (Å²) in [6.07, 6.45) is 2.91. The molecule has 0 aromatic heterocycles. The van der Waals surface area contributed by atoms with Gasteiger partial charge in [0.2, 0.25) is 5.91 Å². The number of amides is 1. The van der Waals surface area contributed by atoms with Crippen molar-refractivity contribution >= 4 is 11.6 Å². The average Bonchev–Trinajstić information content (AvgIpc) is 2.75. The van der Waals surface area contributed by atoms with Crippen molar-refractivity contribution < 1.29 is 9.18 Å². The summed E-state index contributed by atoms with van der Waals surface area (Å²) in [6, 6.07) is 17.0. The lowest BCUT2D eigenvalue weighted by Crippen LogP contribution is -2.49. The summed E-state index contributed by atoms with van der Waals surface area (Å²) in [7, 11) is 0. The van der Waals surface area contributed by atoms with E-state index in [1.807, 2.05) is 11.0 Å². The summed E-state index contributed by atoms with van der Waals surface area (Å²) in [6.45, 7) is 5.65. The van der Waals surface area contributed by atoms with Gasteiger partial charge in [0.25, 0.3) is 0 Å². The van der Waals surface area contributed by atoms with Crippen molar-refractivity contribution in [2.75, 3.05) is 44.2 Å². The van der Waals surface area contributed by atoms with E-state index in [1.165, 1.54) is 17.7 Å². The molecule has 2 aromatic rings. The van der Waals surface area contributed by atoms with Gasteiger partial charge < -0.3 is 9.80 Å². The molecule has 2 aromatic carbocycles. The Hall–Kier alpha value is -2.66. The van der Waals surface area contributed by atoms with Crippen molar-refractivity contribution in [3.05, 3.63) is 77.6 Å². The highest BCUT2D eigenvalue weighted by Gasteiger charge is 2.25. The van der Waals surface area contributed by atoms with Gasteiger partial charge in [-0.25, -0.2) is 4.39 Å². The van der Waals surface area contributed by atoms with E-state index in [2.05, 4.69) is 40.1 Å². The molecule has 0 saturated carbocycles. The highest BCUT2D eigenvalue weighted by molar-refractivity contribution is 5.93. The van der Waals surface area contributed by atoms with Gasteiger partial charge >= 0.3 is 0 Å². The van der Waals surface area contributed by atoms with Crippen LogP contribution in [0, 0.1) is 5.82 Å². The maximum atomic E-state index is 13.1. The Labute approximate surface area is 165 Å². The van der Waals surface area contributed by atoms with E-state index >= 15 is 0 Å². The molecule has 4 nitrogen and oxygen atoms in total. The molecule has 1 saturated heterocycles. The zero-order chi connectivity index (χ0) is 19.3. The van der Waals surface area contributed by atoms with E-state index in [1.54, 1.807) is 12.1 Å². The molecule has 0 atom stereocenters. The maximum Gasteiger partial charge on any atom is 0.249 e. The van der Waals surface area contributed by atoms with Crippen LogP contribution in [-0.2, 0) is 11.3 Å². The van der Waals surface area contributed by atoms with Crippen molar-refractivity contribution in [3.8, 4) is 0 Å². The fourth-order valence-corrected chi connectivity index (χ4v) is 3.91. The number of carbonyl (C=O) groups is 1. The van der Waals surface area contributed by atoms with Gasteiger partial charge in [-0.3, -0.25) is 9.69 Å². The number of benzene rings is 2. The summed E-state index contributed by atoms with van der Waals surface area (Å²) < 4.78 is 13.1. The third-order valence-corrected chi connectivity index (χ3v) is 5.58. The quantitative estimate of drug-likeness (QED) is 0.816. The van der Waals surface area contributed by atoms with Gasteiger partial charge in [0.1, 0.15) is 5.82 Å². The van der Waals surface area contributed by atoms with Crippen LogP contribution in [0.1, 0.15) is 12.0 Å². The molecule has 2 heterocycles. The third kappa shape index (κ3) is 4.42. The van der Waals surface area contributed by atoms with Gasteiger partial charge in [-0.05, 0) is 36.2 Å². The van der Waals surface area contributed by atoms with E-state index in [4.69, 9.17) is 0 Å². The van der Waals surface area contributed by atoms with Gasteiger partial charge in [-0.1, -0.05) is 36.4 Å². The molecule has 0 spiro atoms. The van der Waals surface area contributed by atoms with E-state index in [9.17, 15) is 9.18 Å². The van der Waals surface area contributed by atoms with Crippen LogP contribution in [0.25, 0.3) is 0 Å². The van der Waals surface area contributed by atoms with Crippen LogP contribution in [0.5, 0.6) is 0 Å². The van der Waals surface area contributed by atoms with Crippen LogP contribution in [0.2, 0.25) is 0 Å². The number of carbonyl (C=O) groups excluding carboxylic acids is 1. The number of anilines is 1. The Kier molecular flexibility index (Phi) is 5.72. The molecule has 0 bridgehead atoms. The predicted molar refractivity (Wildman–Crippen MR) is 110 cm³/mol. The lowest BCUT2D eigenvalue weighted by Gasteiger charge is -2.37. The molecule has 0 unspecified atom stereocenters. The second kappa shape index (κ2) is 8.57. The Morgan fingerprint density at radius 1 is 0.893 bits per heavy atom. The zero-order valence-corrected chi connectivity index (χ0v) is 16.1. The fraction of sp³-hybridized carbons (Fsp3) is 0.348. The number of hydrogen-bond acceptors (Lipinski definition) is 3. The zero-order valence-electron chi connectivity index (χ0n) is 16.1.